The highest BCUT2D eigenvalue weighted by Crippen LogP contribution is 2.21. The molecule has 1 aromatic carbocycles. The minimum atomic E-state index is -3.22. The molecule has 7 nitrogen and oxygen atoms in total. The number of aromatic nitrogens is 1. The van der Waals surface area contributed by atoms with Crippen LogP contribution in [0.25, 0.3) is 0 Å². The topological polar surface area (TPSA) is 97.7 Å². The molecule has 23 heavy (non-hydrogen) atoms. The minimum absolute atomic E-state index is 0.121. The van der Waals surface area contributed by atoms with E-state index in [-0.39, 0.29) is 23.1 Å². The number of nitrogens with zero attached hydrogens (tertiary/aromatic N) is 2. The molecule has 0 saturated carbocycles. The van der Waals surface area contributed by atoms with Crippen molar-refractivity contribution in [2.24, 2.45) is 5.16 Å². The fourth-order valence-electron chi connectivity index (χ4n) is 2.09. The summed E-state index contributed by atoms with van der Waals surface area (Å²) in [5.41, 5.74) is 2.14. The molecule has 118 valence electrons. The lowest BCUT2D eigenvalue weighted by atomic mass is 10.2. The summed E-state index contributed by atoms with van der Waals surface area (Å²) in [5, 5.41) is 6.52. The lowest BCUT2D eigenvalue weighted by molar-refractivity contribution is -0.110. The Hall–Kier alpha value is -2.74. The van der Waals surface area contributed by atoms with E-state index in [9.17, 15) is 13.2 Å². The van der Waals surface area contributed by atoms with Gasteiger partial charge in [0.1, 0.15) is 6.61 Å². The molecule has 2 heterocycles. The quantitative estimate of drug-likeness (QED) is 0.853. The second kappa shape index (κ2) is 5.81. The highest BCUT2D eigenvalue weighted by atomic mass is 32.2. The molecule has 2 aromatic rings. The molecule has 0 radical (unpaired) electrons. The van der Waals surface area contributed by atoms with Gasteiger partial charge in [0.05, 0.1) is 16.1 Å². The van der Waals surface area contributed by atoms with E-state index in [1.165, 1.54) is 18.3 Å². The van der Waals surface area contributed by atoms with E-state index in [0.717, 1.165) is 11.8 Å². The molecule has 0 saturated heterocycles. The predicted molar refractivity (Wildman–Crippen MR) is 83.7 cm³/mol. The van der Waals surface area contributed by atoms with Crippen LogP contribution < -0.4 is 5.32 Å². The van der Waals surface area contributed by atoms with Crippen LogP contribution in [0.3, 0.4) is 0 Å². The van der Waals surface area contributed by atoms with Gasteiger partial charge >= 0.3 is 0 Å². The molecule has 0 atom stereocenters. The molecule has 1 aliphatic heterocycles. The Morgan fingerprint density at radius 1 is 1.22 bits per heavy atom. The number of carbonyl (C=O) groups is 1. The van der Waals surface area contributed by atoms with E-state index in [4.69, 9.17) is 4.84 Å². The Morgan fingerprint density at radius 3 is 2.65 bits per heavy atom. The third-order valence-corrected chi connectivity index (χ3v) is 4.41. The maximum atomic E-state index is 11.8. The molecule has 1 amide bonds. The average molecular weight is 331 g/mol. The summed E-state index contributed by atoms with van der Waals surface area (Å²) < 4.78 is 22.8. The Bertz CT molecular complexity index is 889. The smallest absolute Gasteiger partial charge is 0.278 e. The van der Waals surface area contributed by atoms with E-state index in [2.05, 4.69) is 15.5 Å². The Kier molecular flexibility index (Phi) is 3.83. The number of pyridine rings is 1. The molecule has 0 fully saturated rings. The van der Waals surface area contributed by atoms with Gasteiger partial charge in [0.2, 0.25) is 0 Å². The predicted octanol–water partition coefficient (Wildman–Crippen LogP) is 1.36. The third kappa shape index (κ3) is 3.21. The molecule has 1 N–H and O–H groups in total. The zero-order valence-electron chi connectivity index (χ0n) is 12.2. The van der Waals surface area contributed by atoms with Gasteiger partial charge in [0.15, 0.2) is 15.5 Å². The van der Waals surface area contributed by atoms with Gasteiger partial charge in [-0.2, -0.15) is 0 Å². The maximum Gasteiger partial charge on any atom is 0.278 e. The molecule has 3 rings (SSSR count). The summed E-state index contributed by atoms with van der Waals surface area (Å²) in [6, 6.07) is 7.96. The first kappa shape index (κ1) is 15.2. The summed E-state index contributed by atoms with van der Waals surface area (Å²) in [5.74, 6) is -0.347. The minimum Gasteiger partial charge on any atom is -0.390 e. The van der Waals surface area contributed by atoms with Gasteiger partial charge < -0.3 is 10.2 Å². The zero-order valence-corrected chi connectivity index (χ0v) is 13.0. The third-order valence-electron chi connectivity index (χ3n) is 3.28. The fourth-order valence-corrected chi connectivity index (χ4v) is 2.72. The Labute approximate surface area is 132 Å². The highest BCUT2D eigenvalue weighted by molar-refractivity contribution is 7.90. The van der Waals surface area contributed by atoms with Crippen LogP contribution in [-0.4, -0.2) is 31.3 Å². The van der Waals surface area contributed by atoms with Gasteiger partial charge in [-0.25, -0.2) is 8.42 Å². The monoisotopic (exact) mass is 331 g/mol. The Morgan fingerprint density at radius 2 is 1.96 bits per heavy atom. The van der Waals surface area contributed by atoms with Gasteiger partial charge in [-0.15, -0.1) is 0 Å². The number of hydrogen-bond donors (Lipinski definition) is 1. The van der Waals surface area contributed by atoms with Crippen molar-refractivity contribution in [2.75, 3.05) is 11.6 Å². The molecular formula is C15H13N3O4S. The number of nitrogens with one attached hydrogen (secondary N) is 1. The molecule has 8 heteroatoms. The van der Waals surface area contributed by atoms with Crippen LogP contribution in [0.15, 0.2) is 52.8 Å². The summed E-state index contributed by atoms with van der Waals surface area (Å²) in [6.45, 7) is 0.121. The second-order valence-corrected chi connectivity index (χ2v) is 7.02. The van der Waals surface area contributed by atoms with Crippen molar-refractivity contribution in [2.45, 2.75) is 11.5 Å². The lowest BCUT2D eigenvalue weighted by Gasteiger charge is -2.03. The van der Waals surface area contributed by atoms with Gasteiger partial charge in [0.25, 0.3) is 5.91 Å². The normalized spacial score (nSPS) is 15.3. The molecule has 0 unspecified atom stereocenters. The van der Waals surface area contributed by atoms with Gasteiger partial charge in [-0.3, -0.25) is 9.78 Å². The molecule has 0 aliphatic carbocycles. The number of carbonyl (C=O) groups excluding carboxylic acids is 1. The van der Waals surface area contributed by atoms with Crippen LogP contribution in [-0.2, 0) is 26.1 Å². The number of rotatable bonds is 4. The van der Waals surface area contributed by atoms with E-state index in [1.54, 1.807) is 24.4 Å². The largest absolute Gasteiger partial charge is 0.390 e. The highest BCUT2D eigenvalue weighted by Gasteiger charge is 2.26. The number of anilines is 1. The van der Waals surface area contributed by atoms with E-state index in [0.29, 0.717) is 11.3 Å². The fraction of sp³-hybridized carbons (Fsp3) is 0.133. The number of fused-ring (bicyclic) bond motifs is 1. The van der Waals surface area contributed by atoms with Crippen LogP contribution in [0.5, 0.6) is 0 Å². The summed E-state index contributed by atoms with van der Waals surface area (Å²) >= 11 is 0. The van der Waals surface area contributed by atoms with Crippen molar-refractivity contribution >= 4 is 27.1 Å². The van der Waals surface area contributed by atoms with Crippen LogP contribution in [0, 0.1) is 0 Å². The van der Waals surface area contributed by atoms with Gasteiger partial charge in [-0.05, 0) is 23.8 Å². The van der Waals surface area contributed by atoms with Crippen molar-refractivity contribution in [1.82, 2.24) is 4.98 Å². The first-order valence-corrected chi connectivity index (χ1v) is 8.59. The SMILES string of the molecule is CS(=O)(=O)c1ccc(CON=C2C(=O)Nc3ccncc32)cc1. The van der Waals surface area contributed by atoms with Crippen LogP contribution in [0.4, 0.5) is 5.69 Å². The van der Waals surface area contributed by atoms with Crippen LogP contribution >= 0.6 is 0 Å². The van der Waals surface area contributed by atoms with Gasteiger partial charge in [0, 0.05) is 18.6 Å². The van der Waals surface area contributed by atoms with Crippen molar-refractivity contribution in [1.29, 1.82) is 0 Å². The second-order valence-electron chi connectivity index (χ2n) is 5.00. The number of sulfone groups is 1. The number of oxime groups is 1. The molecule has 0 bridgehead atoms. The number of benzene rings is 1. The standard InChI is InChI=1S/C15H13N3O4S/c1-23(20,21)11-4-2-10(3-5-11)9-22-18-14-12-8-16-7-6-13(12)17-15(14)19/h2-8H,9H2,1H3,(H,17,18,19). The van der Waals surface area contributed by atoms with Crippen molar-refractivity contribution in [3.63, 3.8) is 0 Å². The van der Waals surface area contributed by atoms with E-state index in [1.807, 2.05) is 0 Å². The number of hydrogen-bond acceptors (Lipinski definition) is 6. The summed E-state index contributed by atoms with van der Waals surface area (Å²) in [4.78, 5) is 21.2. The first-order chi connectivity index (χ1) is 10.9. The molecular weight excluding hydrogens is 318 g/mol. The first-order valence-electron chi connectivity index (χ1n) is 6.70. The Balaban J connectivity index is 1.71. The molecule has 1 aliphatic rings. The summed E-state index contributed by atoms with van der Waals surface area (Å²) in [7, 11) is -3.22. The van der Waals surface area contributed by atoms with E-state index < -0.39 is 9.84 Å². The van der Waals surface area contributed by atoms with Gasteiger partial charge in [-0.1, -0.05) is 17.3 Å². The van der Waals surface area contributed by atoms with Crippen molar-refractivity contribution < 1.29 is 18.0 Å². The maximum absolute atomic E-state index is 11.8. The van der Waals surface area contributed by atoms with Crippen LogP contribution in [0.1, 0.15) is 11.1 Å². The lowest BCUT2D eigenvalue weighted by Crippen LogP contribution is -2.14. The van der Waals surface area contributed by atoms with Crippen molar-refractivity contribution in [3.8, 4) is 0 Å². The summed E-state index contributed by atoms with van der Waals surface area (Å²) in [6.07, 6.45) is 4.26. The zero-order chi connectivity index (χ0) is 16.4. The van der Waals surface area contributed by atoms with E-state index >= 15 is 0 Å². The molecule has 1 aromatic heterocycles. The average Bonchev–Trinajstić information content (AvgIpc) is 2.83. The molecule has 0 spiro atoms. The number of amides is 1. The van der Waals surface area contributed by atoms with Crippen molar-refractivity contribution in [3.05, 3.63) is 53.9 Å². The van der Waals surface area contributed by atoms with Crippen LogP contribution in [0.2, 0.25) is 0 Å².